The van der Waals surface area contributed by atoms with E-state index in [1.54, 1.807) is 12.1 Å². The van der Waals surface area contributed by atoms with Crippen LogP contribution in [0.25, 0.3) is 0 Å². The predicted molar refractivity (Wildman–Crippen MR) is 58.4 cm³/mol. The summed E-state index contributed by atoms with van der Waals surface area (Å²) in [5.74, 6) is 1.40. The van der Waals surface area contributed by atoms with Gasteiger partial charge >= 0.3 is 0 Å². The SMILES string of the molecule is CCOc1cccc(OCC(Cl)C#N)c1. The first-order valence-electron chi connectivity index (χ1n) is 4.65. The lowest BCUT2D eigenvalue weighted by atomic mass is 10.3. The van der Waals surface area contributed by atoms with Crippen molar-refractivity contribution < 1.29 is 9.47 Å². The van der Waals surface area contributed by atoms with Crippen molar-refractivity contribution in [3.8, 4) is 17.6 Å². The van der Waals surface area contributed by atoms with Crippen molar-refractivity contribution in [1.29, 1.82) is 5.26 Å². The molecule has 15 heavy (non-hydrogen) atoms. The van der Waals surface area contributed by atoms with E-state index in [0.29, 0.717) is 12.4 Å². The van der Waals surface area contributed by atoms with Crippen molar-refractivity contribution >= 4 is 11.6 Å². The normalized spacial score (nSPS) is 11.5. The Morgan fingerprint density at radius 1 is 1.40 bits per heavy atom. The number of alkyl halides is 1. The van der Waals surface area contributed by atoms with Crippen LogP contribution >= 0.6 is 11.6 Å². The maximum atomic E-state index is 8.46. The predicted octanol–water partition coefficient (Wildman–Crippen LogP) is 2.60. The Labute approximate surface area is 94.2 Å². The molecular formula is C11H12ClNO2. The standard InChI is InChI=1S/C11H12ClNO2/c1-2-14-10-4-3-5-11(6-10)15-8-9(12)7-13/h3-6,9H,2,8H2,1H3. The van der Waals surface area contributed by atoms with Gasteiger partial charge in [0.25, 0.3) is 0 Å². The van der Waals surface area contributed by atoms with E-state index < -0.39 is 5.38 Å². The van der Waals surface area contributed by atoms with Gasteiger partial charge in [-0.3, -0.25) is 0 Å². The highest BCUT2D eigenvalue weighted by molar-refractivity contribution is 6.22. The van der Waals surface area contributed by atoms with Gasteiger partial charge in [-0.1, -0.05) is 6.07 Å². The topological polar surface area (TPSA) is 42.2 Å². The molecule has 3 nitrogen and oxygen atoms in total. The zero-order valence-corrected chi connectivity index (χ0v) is 9.20. The summed E-state index contributed by atoms with van der Waals surface area (Å²) in [4.78, 5) is 0. The summed E-state index contributed by atoms with van der Waals surface area (Å²) in [6.45, 7) is 2.70. The van der Waals surface area contributed by atoms with E-state index in [2.05, 4.69) is 0 Å². The van der Waals surface area contributed by atoms with Crippen LogP contribution in [-0.2, 0) is 0 Å². The lowest BCUT2D eigenvalue weighted by Crippen LogP contribution is -2.09. The van der Waals surface area contributed by atoms with Crippen LogP contribution in [0.2, 0.25) is 0 Å². The summed E-state index contributed by atoms with van der Waals surface area (Å²) in [6.07, 6.45) is 0. The van der Waals surface area contributed by atoms with Crippen molar-refractivity contribution in [1.82, 2.24) is 0 Å². The van der Waals surface area contributed by atoms with E-state index in [0.717, 1.165) is 5.75 Å². The van der Waals surface area contributed by atoms with E-state index in [-0.39, 0.29) is 6.61 Å². The third kappa shape index (κ3) is 4.09. The Bertz CT molecular complexity index is 349. The van der Waals surface area contributed by atoms with Crippen LogP contribution in [0.1, 0.15) is 6.92 Å². The summed E-state index contributed by atoms with van der Waals surface area (Å²) >= 11 is 5.60. The van der Waals surface area contributed by atoms with Gasteiger partial charge in [0.2, 0.25) is 0 Å². The Morgan fingerprint density at radius 2 is 2.07 bits per heavy atom. The Morgan fingerprint density at radius 3 is 2.67 bits per heavy atom. The lowest BCUT2D eigenvalue weighted by Gasteiger charge is -2.08. The van der Waals surface area contributed by atoms with E-state index >= 15 is 0 Å². The summed E-state index contributed by atoms with van der Waals surface area (Å²) in [7, 11) is 0. The minimum absolute atomic E-state index is 0.174. The molecule has 0 aromatic heterocycles. The van der Waals surface area contributed by atoms with Crippen molar-refractivity contribution in [3.05, 3.63) is 24.3 Å². The van der Waals surface area contributed by atoms with Gasteiger partial charge in [-0.25, -0.2) is 0 Å². The van der Waals surface area contributed by atoms with E-state index in [9.17, 15) is 0 Å². The highest BCUT2D eigenvalue weighted by atomic mass is 35.5. The molecule has 0 spiro atoms. The Kier molecular flexibility index (Phi) is 4.79. The van der Waals surface area contributed by atoms with E-state index in [1.807, 2.05) is 25.1 Å². The first kappa shape index (κ1) is 11.7. The van der Waals surface area contributed by atoms with Gasteiger partial charge < -0.3 is 9.47 Å². The highest BCUT2D eigenvalue weighted by Crippen LogP contribution is 2.19. The lowest BCUT2D eigenvalue weighted by molar-refractivity contribution is 0.317. The second kappa shape index (κ2) is 6.15. The van der Waals surface area contributed by atoms with Crippen LogP contribution in [0.5, 0.6) is 11.5 Å². The van der Waals surface area contributed by atoms with Gasteiger partial charge in [-0.15, -0.1) is 11.6 Å². The van der Waals surface area contributed by atoms with E-state index in [4.69, 9.17) is 26.3 Å². The van der Waals surface area contributed by atoms with E-state index in [1.165, 1.54) is 0 Å². The number of hydrogen-bond donors (Lipinski definition) is 0. The fourth-order valence-electron chi connectivity index (χ4n) is 1.03. The fourth-order valence-corrected chi connectivity index (χ4v) is 1.09. The molecule has 0 heterocycles. The molecular weight excluding hydrogens is 214 g/mol. The number of ether oxygens (including phenoxy) is 2. The number of nitrogens with zero attached hydrogens (tertiary/aromatic N) is 1. The fraction of sp³-hybridized carbons (Fsp3) is 0.364. The minimum Gasteiger partial charge on any atom is -0.494 e. The monoisotopic (exact) mass is 225 g/mol. The second-order valence-electron chi connectivity index (χ2n) is 2.82. The third-order valence-corrected chi connectivity index (χ3v) is 1.88. The molecule has 0 aliphatic carbocycles. The van der Waals surface area contributed by atoms with Crippen LogP contribution in [0.4, 0.5) is 0 Å². The van der Waals surface area contributed by atoms with Gasteiger partial charge in [0.05, 0.1) is 12.7 Å². The molecule has 80 valence electrons. The van der Waals surface area contributed by atoms with Crippen LogP contribution in [-0.4, -0.2) is 18.6 Å². The molecule has 0 bridgehead atoms. The molecule has 1 unspecified atom stereocenters. The van der Waals surface area contributed by atoms with Crippen molar-refractivity contribution in [3.63, 3.8) is 0 Å². The molecule has 0 fully saturated rings. The molecule has 1 aromatic carbocycles. The molecule has 0 aliphatic heterocycles. The summed E-state index contributed by atoms with van der Waals surface area (Å²) in [5, 5.41) is 7.84. The van der Waals surface area contributed by atoms with Gasteiger partial charge in [0.1, 0.15) is 18.1 Å². The molecule has 1 aromatic rings. The largest absolute Gasteiger partial charge is 0.494 e. The number of hydrogen-bond acceptors (Lipinski definition) is 3. The number of halogens is 1. The molecule has 1 atom stereocenters. The number of nitriles is 1. The first-order chi connectivity index (χ1) is 7.26. The van der Waals surface area contributed by atoms with Crippen molar-refractivity contribution in [2.45, 2.75) is 12.3 Å². The van der Waals surface area contributed by atoms with Crippen molar-refractivity contribution in [2.24, 2.45) is 0 Å². The summed E-state index contributed by atoms with van der Waals surface area (Å²) in [6, 6.07) is 9.12. The maximum absolute atomic E-state index is 8.46. The van der Waals surface area contributed by atoms with Crippen molar-refractivity contribution in [2.75, 3.05) is 13.2 Å². The molecule has 0 amide bonds. The third-order valence-electron chi connectivity index (χ3n) is 1.65. The van der Waals surface area contributed by atoms with Crippen LogP contribution < -0.4 is 9.47 Å². The van der Waals surface area contributed by atoms with Crippen LogP contribution in [0.15, 0.2) is 24.3 Å². The second-order valence-corrected chi connectivity index (χ2v) is 3.34. The molecule has 0 saturated carbocycles. The van der Waals surface area contributed by atoms with Crippen LogP contribution in [0, 0.1) is 11.3 Å². The molecule has 0 N–H and O–H groups in total. The molecule has 0 radical (unpaired) electrons. The number of benzene rings is 1. The first-order valence-corrected chi connectivity index (χ1v) is 5.09. The van der Waals surface area contributed by atoms with Gasteiger partial charge in [-0.05, 0) is 19.1 Å². The molecule has 0 aliphatic rings. The Hall–Kier alpha value is -1.40. The van der Waals surface area contributed by atoms with Gasteiger partial charge in [0, 0.05) is 6.07 Å². The Balaban J connectivity index is 2.54. The summed E-state index contributed by atoms with van der Waals surface area (Å²) < 4.78 is 10.6. The maximum Gasteiger partial charge on any atom is 0.154 e. The minimum atomic E-state index is -0.624. The smallest absolute Gasteiger partial charge is 0.154 e. The average Bonchev–Trinajstić information content (AvgIpc) is 2.27. The van der Waals surface area contributed by atoms with Crippen LogP contribution in [0.3, 0.4) is 0 Å². The average molecular weight is 226 g/mol. The molecule has 4 heteroatoms. The zero-order chi connectivity index (χ0) is 11.1. The zero-order valence-electron chi connectivity index (χ0n) is 8.44. The highest BCUT2D eigenvalue weighted by Gasteiger charge is 2.03. The number of rotatable bonds is 5. The molecule has 1 rings (SSSR count). The van der Waals surface area contributed by atoms with Gasteiger partial charge in [-0.2, -0.15) is 5.26 Å². The summed E-state index contributed by atoms with van der Waals surface area (Å²) in [5.41, 5.74) is 0. The van der Waals surface area contributed by atoms with Gasteiger partial charge in [0.15, 0.2) is 5.38 Å². The quantitative estimate of drug-likeness (QED) is 0.724. The molecule has 0 saturated heterocycles.